The number of halogens is 1. The Bertz CT molecular complexity index is 850. The van der Waals surface area contributed by atoms with Crippen LogP contribution < -0.4 is 10.1 Å². The zero-order valence-electron chi connectivity index (χ0n) is 17.6. The number of nitrogens with zero attached hydrogens (tertiary/aromatic N) is 1. The second kappa shape index (κ2) is 10.5. The van der Waals surface area contributed by atoms with Crippen LogP contribution >= 0.6 is 11.6 Å². The van der Waals surface area contributed by atoms with E-state index in [-0.39, 0.29) is 17.9 Å². The number of carbonyl (C=O) groups excluding carboxylic acids is 2. The minimum absolute atomic E-state index is 0.0846. The SMILES string of the molecule is CC(C)NC(=O)c1ccc(OC[C@@H]2CCCN(C(=O)Cc3ccc(Cl)cc3)C2)cc1. The minimum Gasteiger partial charge on any atom is -0.493 e. The standard InChI is InChI=1S/C24H29ClN2O3/c1-17(2)26-24(29)20-7-11-22(12-8-20)30-16-19-4-3-13-27(15-19)23(28)14-18-5-9-21(25)10-6-18/h5-12,17,19H,3-4,13-16H2,1-2H3,(H,26,29)/t19-/m1/s1. The normalized spacial score (nSPS) is 16.4. The lowest BCUT2D eigenvalue weighted by molar-refractivity contribution is -0.132. The van der Waals surface area contributed by atoms with Gasteiger partial charge in [0.05, 0.1) is 13.0 Å². The Morgan fingerprint density at radius 3 is 2.50 bits per heavy atom. The summed E-state index contributed by atoms with van der Waals surface area (Å²) in [5, 5.41) is 3.55. The summed E-state index contributed by atoms with van der Waals surface area (Å²) in [6, 6.07) is 14.7. The van der Waals surface area contributed by atoms with Crippen molar-refractivity contribution < 1.29 is 14.3 Å². The number of hydrogen-bond donors (Lipinski definition) is 1. The van der Waals surface area contributed by atoms with E-state index in [0.717, 1.165) is 30.7 Å². The third-order valence-electron chi connectivity index (χ3n) is 5.16. The number of benzene rings is 2. The summed E-state index contributed by atoms with van der Waals surface area (Å²) in [5.74, 6) is 1.10. The van der Waals surface area contributed by atoms with Crippen molar-refractivity contribution in [2.24, 2.45) is 5.92 Å². The fraction of sp³-hybridized carbons (Fsp3) is 0.417. The molecule has 5 nitrogen and oxygen atoms in total. The minimum atomic E-state index is -0.0846. The molecule has 1 heterocycles. The lowest BCUT2D eigenvalue weighted by atomic mass is 9.98. The molecular formula is C24H29ClN2O3. The molecule has 0 spiro atoms. The van der Waals surface area contributed by atoms with Gasteiger partial charge in [-0.05, 0) is 68.7 Å². The van der Waals surface area contributed by atoms with Crippen molar-refractivity contribution in [1.82, 2.24) is 10.2 Å². The van der Waals surface area contributed by atoms with Crippen LogP contribution in [0.3, 0.4) is 0 Å². The number of nitrogens with one attached hydrogen (secondary N) is 1. The highest BCUT2D eigenvalue weighted by atomic mass is 35.5. The van der Waals surface area contributed by atoms with Gasteiger partial charge in [0, 0.05) is 35.6 Å². The number of hydrogen-bond acceptors (Lipinski definition) is 3. The van der Waals surface area contributed by atoms with Gasteiger partial charge in [-0.1, -0.05) is 23.7 Å². The molecule has 160 valence electrons. The Labute approximate surface area is 183 Å². The maximum absolute atomic E-state index is 12.7. The summed E-state index contributed by atoms with van der Waals surface area (Å²) in [7, 11) is 0. The second-order valence-corrected chi connectivity index (χ2v) is 8.55. The molecule has 6 heteroatoms. The lowest BCUT2D eigenvalue weighted by Gasteiger charge is -2.32. The van der Waals surface area contributed by atoms with Crippen LogP contribution in [0, 0.1) is 5.92 Å². The van der Waals surface area contributed by atoms with E-state index in [4.69, 9.17) is 16.3 Å². The van der Waals surface area contributed by atoms with Gasteiger partial charge in [-0.15, -0.1) is 0 Å². The molecule has 0 bridgehead atoms. The number of amides is 2. The van der Waals surface area contributed by atoms with Gasteiger partial charge in [0.2, 0.25) is 5.91 Å². The molecule has 0 radical (unpaired) electrons. The van der Waals surface area contributed by atoms with Gasteiger partial charge in [-0.2, -0.15) is 0 Å². The van der Waals surface area contributed by atoms with Crippen molar-refractivity contribution in [2.45, 2.75) is 39.2 Å². The molecule has 30 heavy (non-hydrogen) atoms. The zero-order valence-corrected chi connectivity index (χ0v) is 18.3. The average molecular weight is 429 g/mol. The summed E-state index contributed by atoms with van der Waals surface area (Å²) in [6.07, 6.45) is 2.42. The van der Waals surface area contributed by atoms with Gasteiger partial charge in [-0.3, -0.25) is 9.59 Å². The molecule has 2 amide bonds. The van der Waals surface area contributed by atoms with E-state index < -0.39 is 0 Å². The van der Waals surface area contributed by atoms with Crippen molar-refractivity contribution >= 4 is 23.4 Å². The van der Waals surface area contributed by atoms with Gasteiger partial charge >= 0.3 is 0 Å². The van der Waals surface area contributed by atoms with Gasteiger partial charge in [0.15, 0.2) is 0 Å². The van der Waals surface area contributed by atoms with Gasteiger partial charge in [0.25, 0.3) is 5.91 Å². The molecular weight excluding hydrogens is 400 g/mol. The zero-order chi connectivity index (χ0) is 21.5. The summed E-state index contributed by atoms with van der Waals surface area (Å²) in [6.45, 7) is 5.93. The number of piperidine rings is 1. The molecule has 1 N–H and O–H groups in total. The van der Waals surface area contributed by atoms with E-state index in [1.165, 1.54) is 0 Å². The van der Waals surface area contributed by atoms with Crippen molar-refractivity contribution in [3.8, 4) is 5.75 Å². The summed E-state index contributed by atoms with van der Waals surface area (Å²) < 4.78 is 5.94. The second-order valence-electron chi connectivity index (χ2n) is 8.11. The molecule has 1 aliphatic heterocycles. The first-order chi connectivity index (χ1) is 14.4. The Hall–Kier alpha value is -2.53. The van der Waals surface area contributed by atoms with Gasteiger partial charge < -0.3 is 15.0 Å². The largest absolute Gasteiger partial charge is 0.493 e. The highest BCUT2D eigenvalue weighted by Crippen LogP contribution is 2.20. The lowest BCUT2D eigenvalue weighted by Crippen LogP contribution is -2.42. The number of rotatable bonds is 7. The summed E-state index contributed by atoms with van der Waals surface area (Å²) in [4.78, 5) is 26.6. The Morgan fingerprint density at radius 1 is 1.13 bits per heavy atom. The summed E-state index contributed by atoms with van der Waals surface area (Å²) in [5.41, 5.74) is 1.59. The molecule has 0 aliphatic carbocycles. The summed E-state index contributed by atoms with van der Waals surface area (Å²) >= 11 is 5.92. The highest BCUT2D eigenvalue weighted by Gasteiger charge is 2.24. The van der Waals surface area contributed by atoms with Crippen LogP contribution in [0.1, 0.15) is 42.6 Å². The number of likely N-dealkylation sites (tertiary alicyclic amines) is 1. The first-order valence-electron chi connectivity index (χ1n) is 10.5. The smallest absolute Gasteiger partial charge is 0.251 e. The van der Waals surface area contributed by atoms with E-state index in [1.54, 1.807) is 12.1 Å². The molecule has 2 aromatic carbocycles. The van der Waals surface area contributed by atoms with Crippen molar-refractivity contribution in [2.75, 3.05) is 19.7 Å². The van der Waals surface area contributed by atoms with Crippen LogP contribution in [0.5, 0.6) is 5.75 Å². The predicted octanol–water partition coefficient (Wildman–Crippen LogP) is 4.34. The molecule has 1 atom stereocenters. The first-order valence-corrected chi connectivity index (χ1v) is 10.8. The van der Waals surface area contributed by atoms with Gasteiger partial charge in [0.1, 0.15) is 5.75 Å². The third kappa shape index (κ3) is 6.49. The Kier molecular flexibility index (Phi) is 7.75. The van der Waals surface area contributed by atoms with E-state index in [2.05, 4.69) is 5.32 Å². The maximum atomic E-state index is 12.7. The molecule has 0 saturated carbocycles. The molecule has 1 fully saturated rings. The van der Waals surface area contributed by atoms with Crippen LogP contribution in [0.2, 0.25) is 5.02 Å². The van der Waals surface area contributed by atoms with Crippen LogP contribution in [-0.2, 0) is 11.2 Å². The van der Waals surface area contributed by atoms with Crippen LogP contribution in [0.15, 0.2) is 48.5 Å². The molecule has 1 saturated heterocycles. The fourth-order valence-electron chi connectivity index (χ4n) is 3.58. The Morgan fingerprint density at radius 2 is 1.83 bits per heavy atom. The van der Waals surface area contributed by atoms with Crippen LogP contribution in [0.4, 0.5) is 0 Å². The topological polar surface area (TPSA) is 58.6 Å². The quantitative estimate of drug-likeness (QED) is 0.713. The number of ether oxygens (including phenoxy) is 1. The first kappa shape index (κ1) is 22.2. The molecule has 0 aromatic heterocycles. The third-order valence-corrected chi connectivity index (χ3v) is 5.41. The molecule has 3 rings (SSSR count). The van der Waals surface area contributed by atoms with E-state index >= 15 is 0 Å². The van der Waals surface area contributed by atoms with Crippen molar-refractivity contribution in [3.05, 3.63) is 64.7 Å². The van der Waals surface area contributed by atoms with Crippen molar-refractivity contribution in [3.63, 3.8) is 0 Å². The van der Waals surface area contributed by atoms with E-state index in [0.29, 0.717) is 36.1 Å². The monoisotopic (exact) mass is 428 g/mol. The van der Waals surface area contributed by atoms with E-state index in [9.17, 15) is 9.59 Å². The van der Waals surface area contributed by atoms with Gasteiger partial charge in [-0.25, -0.2) is 0 Å². The number of carbonyl (C=O) groups is 2. The highest BCUT2D eigenvalue weighted by molar-refractivity contribution is 6.30. The van der Waals surface area contributed by atoms with Crippen LogP contribution in [-0.4, -0.2) is 42.5 Å². The Balaban J connectivity index is 1.48. The average Bonchev–Trinajstić information content (AvgIpc) is 2.74. The fourth-order valence-corrected chi connectivity index (χ4v) is 3.70. The van der Waals surface area contributed by atoms with E-state index in [1.807, 2.05) is 55.1 Å². The van der Waals surface area contributed by atoms with Crippen molar-refractivity contribution in [1.29, 1.82) is 0 Å². The van der Waals surface area contributed by atoms with Crippen LogP contribution in [0.25, 0.3) is 0 Å². The molecule has 0 unspecified atom stereocenters. The predicted molar refractivity (Wildman–Crippen MR) is 119 cm³/mol. The molecule has 2 aromatic rings. The maximum Gasteiger partial charge on any atom is 0.251 e. The molecule has 1 aliphatic rings.